The number of amides is 1. The number of carbonyl (C=O) groups is 2. The van der Waals surface area contributed by atoms with Crippen LogP contribution in [0, 0.1) is 20.8 Å². The Morgan fingerprint density at radius 1 is 1.12 bits per heavy atom. The van der Waals surface area contributed by atoms with E-state index in [1.807, 2.05) is 32.9 Å². The number of hydrogen-bond donors (Lipinski definition) is 2. The topological polar surface area (TPSA) is 86.2 Å². The van der Waals surface area contributed by atoms with Crippen LogP contribution in [0.2, 0.25) is 0 Å². The molecule has 1 aromatic carbocycles. The summed E-state index contributed by atoms with van der Waals surface area (Å²) < 4.78 is 0. The monoisotopic (exact) mass is 234 g/mol. The van der Waals surface area contributed by atoms with Gasteiger partial charge in [0.1, 0.15) is 0 Å². The molecule has 0 fully saturated rings. The van der Waals surface area contributed by atoms with Gasteiger partial charge in [-0.15, -0.1) is 0 Å². The highest BCUT2D eigenvalue weighted by Crippen LogP contribution is 2.17. The Hall–Kier alpha value is -1.68. The van der Waals surface area contributed by atoms with Gasteiger partial charge in [-0.3, -0.25) is 9.59 Å². The molecule has 1 rings (SSSR count). The summed E-state index contributed by atoms with van der Waals surface area (Å²) >= 11 is 0. The molecule has 0 radical (unpaired) electrons. The van der Waals surface area contributed by atoms with Gasteiger partial charge < -0.3 is 11.5 Å². The number of Topliss-reactive ketones (excluding diaryl/α,β-unsaturated/α-hetero) is 1. The maximum atomic E-state index is 12.0. The molecule has 0 aliphatic rings. The van der Waals surface area contributed by atoms with Gasteiger partial charge in [0.25, 0.3) is 0 Å². The van der Waals surface area contributed by atoms with E-state index in [0.717, 1.165) is 16.7 Å². The van der Waals surface area contributed by atoms with Gasteiger partial charge in [-0.2, -0.15) is 0 Å². The molecule has 0 aromatic heterocycles. The van der Waals surface area contributed by atoms with Crippen LogP contribution < -0.4 is 11.5 Å². The summed E-state index contributed by atoms with van der Waals surface area (Å²) in [5.41, 5.74) is 14.2. The maximum absolute atomic E-state index is 12.0. The van der Waals surface area contributed by atoms with E-state index >= 15 is 0 Å². The van der Waals surface area contributed by atoms with E-state index in [-0.39, 0.29) is 12.2 Å². The van der Waals surface area contributed by atoms with Crippen LogP contribution in [-0.2, 0) is 4.79 Å². The van der Waals surface area contributed by atoms with Gasteiger partial charge in [0.2, 0.25) is 5.91 Å². The molecule has 17 heavy (non-hydrogen) atoms. The van der Waals surface area contributed by atoms with E-state index in [2.05, 4.69) is 0 Å². The first kappa shape index (κ1) is 13.4. The molecular weight excluding hydrogens is 216 g/mol. The van der Waals surface area contributed by atoms with Crippen molar-refractivity contribution in [1.82, 2.24) is 0 Å². The molecule has 1 aromatic rings. The molecule has 0 spiro atoms. The molecule has 1 unspecified atom stereocenters. The Balaban J connectivity index is 2.97. The van der Waals surface area contributed by atoms with Crippen molar-refractivity contribution in [3.8, 4) is 0 Å². The fourth-order valence-electron chi connectivity index (χ4n) is 1.67. The van der Waals surface area contributed by atoms with Crippen LogP contribution in [0.25, 0.3) is 0 Å². The average Bonchev–Trinajstić information content (AvgIpc) is 2.22. The van der Waals surface area contributed by atoms with E-state index < -0.39 is 11.9 Å². The van der Waals surface area contributed by atoms with Crippen molar-refractivity contribution in [2.45, 2.75) is 33.2 Å². The number of hydrogen-bond acceptors (Lipinski definition) is 3. The van der Waals surface area contributed by atoms with Crippen LogP contribution >= 0.6 is 0 Å². The van der Waals surface area contributed by atoms with Gasteiger partial charge in [0.05, 0.1) is 6.04 Å². The van der Waals surface area contributed by atoms with Crippen LogP contribution in [0.4, 0.5) is 0 Å². The van der Waals surface area contributed by atoms with E-state index in [1.165, 1.54) is 0 Å². The standard InChI is InChI=1S/C13H18N2O2/c1-7-4-9(3)10(5-8(7)2)12(16)6-11(14)13(15)17/h4-5,11H,6,14H2,1-3H3,(H2,15,17). The predicted molar refractivity (Wildman–Crippen MR) is 66.8 cm³/mol. The molecule has 4 heteroatoms. The zero-order chi connectivity index (χ0) is 13.2. The van der Waals surface area contributed by atoms with Crippen molar-refractivity contribution in [2.24, 2.45) is 11.5 Å². The summed E-state index contributed by atoms with van der Waals surface area (Å²) in [5, 5.41) is 0. The third-order valence-electron chi connectivity index (χ3n) is 2.91. The minimum Gasteiger partial charge on any atom is -0.368 e. The number of nitrogens with two attached hydrogens (primary N) is 2. The molecule has 0 saturated heterocycles. The predicted octanol–water partition coefficient (Wildman–Crippen LogP) is 0.997. The van der Waals surface area contributed by atoms with Crippen molar-refractivity contribution in [3.63, 3.8) is 0 Å². The second kappa shape index (κ2) is 5.10. The van der Waals surface area contributed by atoms with Gasteiger partial charge >= 0.3 is 0 Å². The lowest BCUT2D eigenvalue weighted by molar-refractivity contribution is -0.119. The second-order valence-electron chi connectivity index (χ2n) is 4.39. The van der Waals surface area contributed by atoms with Gasteiger partial charge in [-0.25, -0.2) is 0 Å². The minimum atomic E-state index is -0.913. The van der Waals surface area contributed by atoms with Crippen LogP contribution in [0.15, 0.2) is 12.1 Å². The molecule has 92 valence electrons. The number of rotatable bonds is 4. The summed E-state index contributed by atoms with van der Waals surface area (Å²) in [6.45, 7) is 5.81. The van der Waals surface area contributed by atoms with E-state index in [1.54, 1.807) is 0 Å². The number of aryl methyl sites for hydroxylation is 3. The Bertz CT molecular complexity index is 467. The first-order valence-electron chi connectivity index (χ1n) is 5.49. The average molecular weight is 234 g/mol. The Morgan fingerprint density at radius 3 is 2.18 bits per heavy atom. The van der Waals surface area contributed by atoms with Gasteiger partial charge in [-0.1, -0.05) is 6.07 Å². The molecule has 1 amide bonds. The van der Waals surface area contributed by atoms with Crippen molar-refractivity contribution < 1.29 is 9.59 Å². The van der Waals surface area contributed by atoms with Crippen LogP contribution in [0.1, 0.15) is 33.5 Å². The third kappa shape index (κ3) is 3.14. The Kier molecular flexibility index (Phi) is 4.02. The second-order valence-corrected chi connectivity index (χ2v) is 4.39. The summed E-state index contributed by atoms with van der Waals surface area (Å²) in [7, 11) is 0. The van der Waals surface area contributed by atoms with Gasteiger partial charge in [-0.05, 0) is 43.5 Å². The largest absolute Gasteiger partial charge is 0.368 e. The molecular formula is C13H18N2O2. The minimum absolute atomic E-state index is 0.0430. The first-order valence-corrected chi connectivity index (χ1v) is 5.49. The van der Waals surface area contributed by atoms with E-state index in [0.29, 0.717) is 5.56 Å². The summed E-state index contributed by atoms with van der Waals surface area (Å²) in [4.78, 5) is 22.8. The molecule has 0 aliphatic carbocycles. The molecule has 0 aliphatic heterocycles. The SMILES string of the molecule is Cc1cc(C)c(C(=O)CC(N)C(N)=O)cc1C. The quantitative estimate of drug-likeness (QED) is 0.762. The van der Waals surface area contributed by atoms with E-state index in [9.17, 15) is 9.59 Å². The zero-order valence-electron chi connectivity index (χ0n) is 10.4. The fraction of sp³-hybridized carbons (Fsp3) is 0.385. The molecule has 1 atom stereocenters. The van der Waals surface area contributed by atoms with Crippen molar-refractivity contribution in [3.05, 3.63) is 34.4 Å². The Morgan fingerprint density at radius 2 is 1.65 bits per heavy atom. The van der Waals surface area contributed by atoms with Crippen molar-refractivity contribution in [1.29, 1.82) is 0 Å². The lowest BCUT2D eigenvalue weighted by Gasteiger charge is -2.11. The van der Waals surface area contributed by atoms with Gasteiger partial charge in [0.15, 0.2) is 5.78 Å². The van der Waals surface area contributed by atoms with Crippen LogP contribution in [-0.4, -0.2) is 17.7 Å². The van der Waals surface area contributed by atoms with Crippen LogP contribution in [0.5, 0.6) is 0 Å². The Labute approximate surface area is 101 Å². The van der Waals surface area contributed by atoms with Crippen molar-refractivity contribution >= 4 is 11.7 Å². The molecule has 0 saturated carbocycles. The number of carbonyl (C=O) groups excluding carboxylic acids is 2. The lowest BCUT2D eigenvalue weighted by Crippen LogP contribution is -2.38. The highest BCUT2D eigenvalue weighted by atomic mass is 16.1. The number of benzene rings is 1. The van der Waals surface area contributed by atoms with Gasteiger partial charge in [0, 0.05) is 12.0 Å². The molecule has 4 nitrogen and oxygen atoms in total. The highest BCUT2D eigenvalue weighted by molar-refractivity contribution is 6.00. The first-order chi connectivity index (χ1) is 7.82. The summed E-state index contributed by atoms with van der Waals surface area (Å²) in [5.74, 6) is -0.795. The van der Waals surface area contributed by atoms with Crippen molar-refractivity contribution in [2.75, 3.05) is 0 Å². The number of ketones is 1. The highest BCUT2D eigenvalue weighted by Gasteiger charge is 2.17. The molecule has 0 bridgehead atoms. The third-order valence-corrected chi connectivity index (χ3v) is 2.91. The summed E-state index contributed by atoms with van der Waals surface area (Å²) in [6.07, 6.45) is -0.0430. The normalized spacial score (nSPS) is 12.2. The molecule has 4 N–H and O–H groups in total. The number of primary amides is 1. The molecule has 0 heterocycles. The van der Waals surface area contributed by atoms with E-state index in [4.69, 9.17) is 11.5 Å². The smallest absolute Gasteiger partial charge is 0.234 e. The zero-order valence-corrected chi connectivity index (χ0v) is 10.4. The maximum Gasteiger partial charge on any atom is 0.234 e. The lowest BCUT2D eigenvalue weighted by atomic mass is 9.95. The summed E-state index contributed by atoms with van der Waals surface area (Å²) in [6, 6.07) is 2.88. The van der Waals surface area contributed by atoms with Crippen LogP contribution in [0.3, 0.4) is 0 Å². The fourth-order valence-corrected chi connectivity index (χ4v) is 1.67.